The second kappa shape index (κ2) is 3.25. The summed E-state index contributed by atoms with van der Waals surface area (Å²) in [6, 6.07) is 0. The summed E-state index contributed by atoms with van der Waals surface area (Å²) in [5.74, 6) is 0. The second-order valence-electron chi connectivity index (χ2n) is 1.78. The first-order chi connectivity index (χ1) is 4.43. The van der Waals surface area contributed by atoms with Gasteiger partial charge in [0.15, 0.2) is 0 Å². The van der Waals surface area contributed by atoms with Crippen molar-refractivity contribution in [1.29, 1.82) is 0 Å². The molecule has 0 atom stereocenters. The van der Waals surface area contributed by atoms with E-state index < -0.39 is 0 Å². The zero-order valence-electron chi connectivity index (χ0n) is 5.20. The van der Waals surface area contributed by atoms with Crippen molar-refractivity contribution in [3.63, 3.8) is 0 Å². The van der Waals surface area contributed by atoms with Crippen LogP contribution in [0.1, 0.15) is 0 Å². The van der Waals surface area contributed by atoms with Crippen LogP contribution in [-0.2, 0) is 6.54 Å². The lowest BCUT2D eigenvalue weighted by Gasteiger charge is -1.96. The molecular weight excluding hydrogens is 114 g/mol. The van der Waals surface area contributed by atoms with Crippen molar-refractivity contribution in [2.24, 2.45) is 5.73 Å². The van der Waals surface area contributed by atoms with Gasteiger partial charge in [-0.05, 0) is 13.0 Å². The van der Waals surface area contributed by atoms with E-state index in [1.807, 2.05) is 17.2 Å². The molecule has 0 unspecified atom stereocenters. The summed E-state index contributed by atoms with van der Waals surface area (Å²) < 4.78 is 1.97. The van der Waals surface area contributed by atoms with Crippen LogP contribution in [0.3, 0.4) is 0 Å². The van der Waals surface area contributed by atoms with Crippen molar-refractivity contribution in [3.05, 3.63) is 25.1 Å². The molecule has 1 heterocycles. The van der Waals surface area contributed by atoms with Crippen LogP contribution >= 0.6 is 0 Å². The molecule has 0 saturated heterocycles. The minimum Gasteiger partial charge on any atom is -0.337 e. The summed E-state index contributed by atoms with van der Waals surface area (Å²) in [4.78, 5) is 3.88. The molecule has 3 heteroatoms. The Labute approximate surface area is 54.5 Å². The SMILES string of the molecule is NC[CH]Cn1ccnc1. The van der Waals surface area contributed by atoms with Crippen molar-refractivity contribution in [2.45, 2.75) is 6.54 Å². The molecule has 1 rings (SSSR count). The largest absolute Gasteiger partial charge is 0.337 e. The first-order valence-electron chi connectivity index (χ1n) is 2.91. The van der Waals surface area contributed by atoms with Gasteiger partial charge in [0.2, 0.25) is 0 Å². The first kappa shape index (κ1) is 6.29. The lowest BCUT2D eigenvalue weighted by molar-refractivity contribution is 0.760. The number of aromatic nitrogens is 2. The van der Waals surface area contributed by atoms with Crippen LogP contribution in [0.25, 0.3) is 0 Å². The maximum Gasteiger partial charge on any atom is 0.0946 e. The number of nitrogens with zero attached hydrogens (tertiary/aromatic N) is 2. The molecule has 1 radical (unpaired) electrons. The van der Waals surface area contributed by atoms with Crippen molar-refractivity contribution in [1.82, 2.24) is 9.55 Å². The Balaban J connectivity index is 2.30. The highest BCUT2D eigenvalue weighted by Gasteiger charge is 1.85. The Morgan fingerprint density at radius 3 is 3.11 bits per heavy atom. The molecule has 0 fully saturated rings. The van der Waals surface area contributed by atoms with Crippen molar-refractivity contribution >= 4 is 0 Å². The van der Waals surface area contributed by atoms with E-state index in [0.717, 1.165) is 6.54 Å². The van der Waals surface area contributed by atoms with E-state index in [9.17, 15) is 0 Å². The minimum absolute atomic E-state index is 0.623. The fourth-order valence-electron chi connectivity index (χ4n) is 0.618. The van der Waals surface area contributed by atoms with E-state index in [1.165, 1.54) is 0 Å². The normalized spacial score (nSPS) is 9.89. The first-order valence-corrected chi connectivity index (χ1v) is 2.91. The average molecular weight is 124 g/mol. The summed E-state index contributed by atoms with van der Waals surface area (Å²) in [6.45, 7) is 1.48. The number of rotatable bonds is 3. The van der Waals surface area contributed by atoms with E-state index in [2.05, 4.69) is 4.98 Å². The van der Waals surface area contributed by atoms with E-state index in [-0.39, 0.29) is 0 Å². The quantitative estimate of drug-likeness (QED) is 0.618. The maximum absolute atomic E-state index is 5.26. The molecule has 0 aliphatic heterocycles. The summed E-state index contributed by atoms with van der Waals surface area (Å²) in [5, 5.41) is 0. The fourth-order valence-corrected chi connectivity index (χ4v) is 0.618. The van der Waals surface area contributed by atoms with Gasteiger partial charge in [-0.15, -0.1) is 0 Å². The summed E-state index contributed by atoms with van der Waals surface area (Å²) in [7, 11) is 0. The second-order valence-corrected chi connectivity index (χ2v) is 1.78. The van der Waals surface area contributed by atoms with Gasteiger partial charge in [-0.25, -0.2) is 4.98 Å². The molecule has 2 N–H and O–H groups in total. The van der Waals surface area contributed by atoms with Crippen LogP contribution < -0.4 is 5.73 Å². The predicted octanol–water partition coefficient (Wildman–Crippen LogP) is 0.0461. The van der Waals surface area contributed by atoms with E-state index in [1.54, 1.807) is 12.5 Å². The molecular formula is C6H10N3. The molecule has 3 nitrogen and oxygen atoms in total. The topological polar surface area (TPSA) is 43.8 Å². The average Bonchev–Trinajstić information content (AvgIpc) is 2.34. The van der Waals surface area contributed by atoms with E-state index in [0.29, 0.717) is 6.54 Å². The highest BCUT2D eigenvalue weighted by atomic mass is 15.0. The zero-order valence-corrected chi connectivity index (χ0v) is 5.20. The van der Waals surface area contributed by atoms with Gasteiger partial charge in [-0.3, -0.25) is 0 Å². The molecule has 0 aliphatic carbocycles. The molecule has 0 aromatic carbocycles. The van der Waals surface area contributed by atoms with Gasteiger partial charge < -0.3 is 10.3 Å². The summed E-state index contributed by atoms with van der Waals surface area (Å²) in [5.41, 5.74) is 5.26. The van der Waals surface area contributed by atoms with Gasteiger partial charge in [0.1, 0.15) is 0 Å². The van der Waals surface area contributed by atoms with E-state index >= 15 is 0 Å². The van der Waals surface area contributed by atoms with Gasteiger partial charge in [0.05, 0.1) is 6.33 Å². The van der Waals surface area contributed by atoms with Crippen LogP contribution in [0, 0.1) is 6.42 Å². The highest BCUT2D eigenvalue weighted by Crippen LogP contribution is 1.86. The lowest BCUT2D eigenvalue weighted by Crippen LogP contribution is -2.04. The van der Waals surface area contributed by atoms with Crippen molar-refractivity contribution in [3.8, 4) is 0 Å². The van der Waals surface area contributed by atoms with Crippen LogP contribution in [0.2, 0.25) is 0 Å². The van der Waals surface area contributed by atoms with Crippen LogP contribution in [0.15, 0.2) is 18.7 Å². The molecule has 0 aliphatic rings. The Morgan fingerprint density at radius 1 is 1.67 bits per heavy atom. The highest BCUT2D eigenvalue weighted by molar-refractivity contribution is 4.77. The zero-order chi connectivity index (χ0) is 6.53. The Hall–Kier alpha value is -0.830. The van der Waals surface area contributed by atoms with Gasteiger partial charge in [0.25, 0.3) is 0 Å². The molecule has 0 saturated carbocycles. The molecule has 0 amide bonds. The standard InChI is InChI=1S/C6H10N3/c7-2-1-4-9-5-3-8-6-9/h1,3,5-6H,2,4,7H2. The fraction of sp³-hybridized carbons (Fsp3) is 0.333. The molecule has 1 aromatic heterocycles. The lowest BCUT2D eigenvalue weighted by atomic mass is 10.4. The van der Waals surface area contributed by atoms with Gasteiger partial charge >= 0.3 is 0 Å². The molecule has 9 heavy (non-hydrogen) atoms. The third-order valence-corrected chi connectivity index (χ3v) is 1.07. The van der Waals surface area contributed by atoms with Crippen molar-refractivity contribution in [2.75, 3.05) is 6.54 Å². The Morgan fingerprint density at radius 2 is 2.56 bits per heavy atom. The summed E-state index contributed by atoms with van der Waals surface area (Å²) >= 11 is 0. The Bertz CT molecular complexity index is 145. The van der Waals surface area contributed by atoms with Crippen LogP contribution in [0.5, 0.6) is 0 Å². The van der Waals surface area contributed by atoms with Crippen molar-refractivity contribution < 1.29 is 0 Å². The van der Waals surface area contributed by atoms with Crippen LogP contribution in [0.4, 0.5) is 0 Å². The van der Waals surface area contributed by atoms with Gasteiger partial charge in [-0.2, -0.15) is 0 Å². The smallest absolute Gasteiger partial charge is 0.0946 e. The number of imidazole rings is 1. The Kier molecular flexibility index (Phi) is 2.27. The third-order valence-electron chi connectivity index (χ3n) is 1.07. The third kappa shape index (κ3) is 1.85. The molecule has 0 spiro atoms. The number of hydrogen-bond acceptors (Lipinski definition) is 2. The number of nitrogens with two attached hydrogens (primary N) is 1. The maximum atomic E-state index is 5.26. The molecule has 1 aromatic rings. The summed E-state index contributed by atoms with van der Waals surface area (Å²) in [6.07, 6.45) is 7.42. The molecule has 49 valence electrons. The van der Waals surface area contributed by atoms with Gasteiger partial charge in [0, 0.05) is 18.9 Å². The predicted molar refractivity (Wildman–Crippen MR) is 35.6 cm³/mol. The minimum atomic E-state index is 0.623. The monoisotopic (exact) mass is 124 g/mol. The van der Waals surface area contributed by atoms with Crippen LogP contribution in [-0.4, -0.2) is 16.1 Å². The number of hydrogen-bond donors (Lipinski definition) is 1. The van der Waals surface area contributed by atoms with Gasteiger partial charge in [-0.1, -0.05) is 0 Å². The van der Waals surface area contributed by atoms with E-state index in [4.69, 9.17) is 5.73 Å². The molecule has 0 bridgehead atoms.